The molecule has 0 bridgehead atoms. The molecule has 2 aromatic rings. The molecule has 0 atom stereocenters. The van der Waals surface area contributed by atoms with Crippen LogP contribution in [0.15, 0.2) is 38.5 Å². The molecule has 0 amide bonds. The molecule has 0 aliphatic carbocycles. The Hall–Kier alpha value is -1.15. The standard InChI is InChI=1S/C14H20N2O3S2/c1-11(2)15-9-13-3-4-14(19-13)21(17,18)16-7-5-12-6-8-20-10-12/h3-4,6,8,10-11,15-16H,5,7,9H2,1-2H3. The van der Waals surface area contributed by atoms with Crippen LogP contribution < -0.4 is 10.0 Å². The van der Waals surface area contributed by atoms with Gasteiger partial charge in [0.15, 0.2) is 0 Å². The lowest BCUT2D eigenvalue weighted by molar-refractivity contribution is 0.393. The second kappa shape index (κ2) is 7.22. The molecule has 0 unspecified atom stereocenters. The molecule has 2 aromatic heterocycles. The van der Waals surface area contributed by atoms with E-state index in [0.717, 1.165) is 5.56 Å². The highest BCUT2D eigenvalue weighted by Crippen LogP contribution is 2.14. The summed E-state index contributed by atoms with van der Waals surface area (Å²) in [5.41, 5.74) is 1.13. The molecule has 0 fully saturated rings. The van der Waals surface area contributed by atoms with E-state index >= 15 is 0 Å². The lowest BCUT2D eigenvalue weighted by Crippen LogP contribution is -2.25. The Labute approximate surface area is 129 Å². The molecule has 2 rings (SSSR count). The minimum atomic E-state index is -3.57. The first kappa shape index (κ1) is 16.2. The summed E-state index contributed by atoms with van der Waals surface area (Å²) in [7, 11) is -3.57. The number of hydrogen-bond donors (Lipinski definition) is 2. The van der Waals surface area contributed by atoms with Crippen molar-refractivity contribution in [3.63, 3.8) is 0 Å². The Balaban J connectivity index is 1.89. The highest BCUT2D eigenvalue weighted by atomic mass is 32.2. The van der Waals surface area contributed by atoms with Crippen molar-refractivity contribution in [3.8, 4) is 0 Å². The molecule has 5 nitrogen and oxygen atoms in total. The molecule has 2 N–H and O–H groups in total. The fraction of sp³-hybridized carbons (Fsp3) is 0.429. The van der Waals surface area contributed by atoms with E-state index in [1.807, 2.05) is 30.7 Å². The zero-order valence-corrected chi connectivity index (χ0v) is 13.8. The van der Waals surface area contributed by atoms with Gasteiger partial charge in [-0.15, -0.1) is 0 Å². The largest absolute Gasteiger partial charge is 0.447 e. The minimum Gasteiger partial charge on any atom is -0.447 e. The van der Waals surface area contributed by atoms with Gasteiger partial charge in [0.1, 0.15) is 5.76 Å². The molecular formula is C14H20N2O3S2. The summed E-state index contributed by atoms with van der Waals surface area (Å²) >= 11 is 1.60. The molecule has 0 aliphatic rings. The molecule has 7 heteroatoms. The maximum Gasteiger partial charge on any atom is 0.273 e. The second-order valence-corrected chi connectivity index (χ2v) is 7.51. The van der Waals surface area contributed by atoms with Crippen molar-refractivity contribution in [2.45, 2.75) is 37.9 Å². The van der Waals surface area contributed by atoms with Gasteiger partial charge in [-0.05, 0) is 40.9 Å². The average Bonchev–Trinajstić information content (AvgIpc) is 3.07. The summed E-state index contributed by atoms with van der Waals surface area (Å²) < 4.78 is 32.1. The molecular weight excluding hydrogens is 308 g/mol. The summed E-state index contributed by atoms with van der Waals surface area (Å²) in [6.45, 7) is 4.92. The molecule has 0 radical (unpaired) electrons. The Morgan fingerprint density at radius 2 is 2.10 bits per heavy atom. The predicted octanol–water partition coefficient (Wildman–Crippen LogP) is 2.36. The molecule has 21 heavy (non-hydrogen) atoms. The van der Waals surface area contributed by atoms with Gasteiger partial charge in [0.25, 0.3) is 10.0 Å². The van der Waals surface area contributed by atoms with Crippen molar-refractivity contribution in [1.82, 2.24) is 10.0 Å². The summed E-state index contributed by atoms with van der Waals surface area (Å²) in [5, 5.41) is 7.13. The Morgan fingerprint density at radius 1 is 1.29 bits per heavy atom. The number of thiophene rings is 1. The molecule has 116 valence electrons. The smallest absolute Gasteiger partial charge is 0.273 e. The predicted molar refractivity (Wildman–Crippen MR) is 83.9 cm³/mol. The van der Waals surface area contributed by atoms with E-state index in [0.29, 0.717) is 31.3 Å². The van der Waals surface area contributed by atoms with E-state index in [-0.39, 0.29) is 5.09 Å². The van der Waals surface area contributed by atoms with Crippen LogP contribution in [0.3, 0.4) is 0 Å². The van der Waals surface area contributed by atoms with E-state index in [9.17, 15) is 8.42 Å². The normalized spacial score (nSPS) is 12.1. The van der Waals surface area contributed by atoms with Crippen LogP contribution in [0.2, 0.25) is 0 Å². The summed E-state index contributed by atoms with van der Waals surface area (Å²) in [6, 6.07) is 5.48. The maximum absolute atomic E-state index is 12.1. The minimum absolute atomic E-state index is 0.0339. The van der Waals surface area contributed by atoms with Crippen molar-refractivity contribution in [2.24, 2.45) is 0 Å². The van der Waals surface area contributed by atoms with Crippen LogP contribution in [0.1, 0.15) is 25.2 Å². The van der Waals surface area contributed by atoms with Crippen molar-refractivity contribution < 1.29 is 12.8 Å². The quantitative estimate of drug-likeness (QED) is 0.780. The van der Waals surface area contributed by atoms with E-state index in [4.69, 9.17) is 4.42 Å². The first-order valence-corrected chi connectivity index (χ1v) is 9.23. The first-order valence-electron chi connectivity index (χ1n) is 6.80. The zero-order valence-electron chi connectivity index (χ0n) is 12.1. The lowest BCUT2D eigenvalue weighted by atomic mass is 10.2. The number of furan rings is 1. The van der Waals surface area contributed by atoms with E-state index in [1.54, 1.807) is 17.4 Å². The third kappa shape index (κ3) is 4.96. The Morgan fingerprint density at radius 3 is 2.76 bits per heavy atom. The zero-order chi connectivity index (χ0) is 15.3. The van der Waals surface area contributed by atoms with Crippen LogP contribution in [0, 0.1) is 0 Å². The average molecular weight is 328 g/mol. The van der Waals surface area contributed by atoms with Gasteiger partial charge >= 0.3 is 0 Å². The summed E-state index contributed by atoms with van der Waals surface area (Å²) in [6.07, 6.45) is 0.672. The van der Waals surface area contributed by atoms with Crippen LogP contribution in [-0.4, -0.2) is 21.0 Å². The number of sulfonamides is 1. The van der Waals surface area contributed by atoms with Gasteiger partial charge in [-0.2, -0.15) is 11.3 Å². The van der Waals surface area contributed by atoms with Crippen molar-refractivity contribution in [2.75, 3.05) is 6.54 Å². The number of hydrogen-bond acceptors (Lipinski definition) is 5. The lowest BCUT2D eigenvalue weighted by Gasteiger charge is -2.05. The van der Waals surface area contributed by atoms with E-state index < -0.39 is 10.0 Å². The van der Waals surface area contributed by atoms with E-state index in [2.05, 4.69) is 10.0 Å². The number of rotatable bonds is 8. The first-order chi connectivity index (χ1) is 9.97. The molecule has 0 aromatic carbocycles. The number of nitrogens with one attached hydrogen (secondary N) is 2. The van der Waals surface area contributed by atoms with Gasteiger partial charge in [-0.25, -0.2) is 13.1 Å². The van der Waals surface area contributed by atoms with Gasteiger partial charge in [0.05, 0.1) is 6.54 Å². The van der Waals surface area contributed by atoms with Crippen molar-refractivity contribution in [3.05, 3.63) is 40.3 Å². The summed E-state index contributed by atoms with van der Waals surface area (Å²) in [5.74, 6) is 0.613. The highest BCUT2D eigenvalue weighted by Gasteiger charge is 2.18. The SMILES string of the molecule is CC(C)NCc1ccc(S(=O)(=O)NCCc2ccsc2)o1. The molecule has 2 heterocycles. The van der Waals surface area contributed by atoms with Crippen LogP contribution in [-0.2, 0) is 23.0 Å². The van der Waals surface area contributed by atoms with E-state index in [1.165, 1.54) is 6.07 Å². The summed E-state index contributed by atoms with van der Waals surface area (Å²) in [4.78, 5) is 0. The van der Waals surface area contributed by atoms with Gasteiger partial charge in [-0.1, -0.05) is 13.8 Å². The Bertz CT molecular complexity index is 646. The van der Waals surface area contributed by atoms with Gasteiger partial charge in [0, 0.05) is 12.6 Å². The van der Waals surface area contributed by atoms with Crippen LogP contribution in [0.25, 0.3) is 0 Å². The fourth-order valence-corrected chi connectivity index (χ4v) is 3.42. The van der Waals surface area contributed by atoms with Gasteiger partial charge in [-0.3, -0.25) is 0 Å². The van der Waals surface area contributed by atoms with Gasteiger partial charge < -0.3 is 9.73 Å². The molecule has 0 saturated heterocycles. The maximum atomic E-state index is 12.1. The molecule has 0 spiro atoms. The van der Waals surface area contributed by atoms with Gasteiger partial charge in [0.2, 0.25) is 5.09 Å². The van der Waals surface area contributed by atoms with Crippen LogP contribution in [0.5, 0.6) is 0 Å². The third-order valence-corrected chi connectivity index (χ3v) is 4.94. The van der Waals surface area contributed by atoms with Crippen LogP contribution in [0.4, 0.5) is 0 Å². The molecule has 0 aliphatic heterocycles. The fourth-order valence-electron chi connectivity index (χ4n) is 1.74. The highest BCUT2D eigenvalue weighted by molar-refractivity contribution is 7.89. The van der Waals surface area contributed by atoms with Crippen molar-refractivity contribution >= 4 is 21.4 Å². The Kier molecular flexibility index (Phi) is 5.58. The molecule has 0 saturated carbocycles. The third-order valence-electron chi connectivity index (χ3n) is 2.87. The van der Waals surface area contributed by atoms with Crippen LogP contribution >= 0.6 is 11.3 Å². The van der Waals surface area contributed by atoms with Crippen molar-refractivity contribution in [1.29, 1.82) is 0 Å². The monoisotopic (exact) mass is 328 g/mol. The second-order valence-electron chi connectivity index (χ2n) is 5.04. The topological polar surface area (TPSA) is 71.3 Å².